The van der Waals surface area contributed by atoms with E-state index in [1.807, 2.05) is 63.2 Å². The molecule has 0 spiro atoms. The third-order valence-electron chi connectivity index (χ3n) is 5.19. The topological polar surface area (TPSA) is 81.8 Å². The van der Waals surface area contributed by atoms with Crippen LogP contribution in [0.5, 0.6) is 0 Å². The van der Waals surface area contributed by atoms with E-state index in [-0.39, 0.29) is 17.7 Å². The minimum atomic E-state index is -0.406. The summed E-state index contributed by atoms with van der Waals surface area (Å²) in [5, 5.41) is 7.24. The molecule has 0 saturated heterocycles. The summed E-state index contributed by atoms with van der Waals surface area (Å²) in [7, 11) is 0. The summed E-state index contributed by atoms with van der Waals surface area (Å²) >= 11 is 0. The molecule has 4 aromatic rings. The van der Waals surface area contributed by atoms with Crippen molar-refractivity contribution in [2.75, 3.05) is 0 Å². The predicted molar refractivity (Wildman–Crippen MR) is 123 cm³/mol. The number of nitrogens with one attached hydrogen (secondary N) is 1. The maximum atomic E-state index is 12.8. The van der Waals surface area contributed by atoms with Gasteiger partial charge in [0.2, 0.25) is 0 Å². The highest BCUT2D eigenvalue weighted by atomic mass is 16.2. The Morgan fingerprint density at radius 1 is 1.00 bits per heavy atom. The molecule has 0 aliphatic rings. The Balaban J connectivity index is 1.44. The largest absolute Gasteiger partial charge is 0.348 e. The molecule has 0 saturated carbocycles. The van der Waals surface area contributed by atoms with Crippen molar-refractivity contribution in [1.29, 1.82) is 0 Å². The van der Waals surface area contributed by atoms with E-state index >= 15 is 0 Å². The monoisotopic (exact) mass is 427 g/mol. The van der Waals surface area contributed by atoms with Crippen LogP contribution in [0.4, 0.5) is 0 Å². The van der Waals surface area contributed by atoms with Gasteiger partial charge in [0.1, 0.15) is 5.56 Å². The van der Waals surface area contributed by atoms with Crippen molar-refractivity contribution >= 4 is 5.91 Å². The van der Waals surface area contributed by atoms with E-state index in [0.29, 0.717) is 12.4 Å². The van der Waals surface area contributed by atoms with Crippen molar-refractivity contribution in [3.8, 4) is 5.82 Å². The van der Waals surface area contributed by atoms with Gasteiger partial charge in [0, 0.05) is 24.6 Å². The molecule has 0 unspecified atom stereocenters. The fraction of sp³-hybridized carbons (Fsp3) is 0.200. The normalized spacial score (nSPS) is 10.8. The Kier molecular flexibility index (Phi) is 5.98. The number of rotatable bonds is 6. The van der Waals surface area contributed by atoms with Gasteiger partial charge < -0.3 is 9.88 Å². The second kappa shape index (κ2) is 9.01. The smallest absolute Gasteiger partial charge is 0.263 e. The molecule has 162 valence electrons. The quantitative estimate of drug-likeness (QED) is 0.512. The van der Waals surface area contributed by atoms with Crippen molar-refractivity contribution in [3.05, 3.63) is 111 Å². The first-order valence-electron chi connectivity index (χ1n) is 10.4. The summed E-state index contributed by atoms with van der Waals surface area (Å²) in [6.45, 7) is 6.61. The van der Waals surface area contributed by atoms with Gasteiger partial charge in [-0.15, -0.1) is 0 Å². The summed E-state index contributed by atoms with van der Waals surface area (Å²) < 4.78 is 3.33. The molecule has 1 amide bonds. The van der Waals surface area contributed by atoms with Crippen LogP contribution in [0.15, 0.2) is 71.8 Å². The van der Waals surface area contributed by atoms with Crippen LogP contribution >= 0.6 is 0 Å². The number of aromatic nitrogens is 4. The van der Waals surface area contributed by atoms with Crippen LogP contribution in [0.3, 0.4) is 0 Å². The molecule has 32 heavy (non-hydrogen) atoms. The number of carbonyl (C=O) groups excluding carboxylic acids is 1. The Bertz CT molecular complexity index is 1320. The second-order valence-corrected chi connectivity index (χ2v) is 7.89. The average Bonchev–Trinajstić information content (AvgIpc) is 3.12. The van der Waals surface area contributed by atoms with Gasteiger partial charge in [0.15, 0.2) is 5.82 Å². The van der Waals surface area contributed by atoms with E-state index < -0.39 is 5.91 Å². The zero-order valence-corrected chi connectivity index (χ0v) is 18.4. The molecule has 0 radical (unpaired) electrons. The lowest BCUT2D eigenvalue weighted by Crippen LogP contribution is -2.32. The van der Waals surface area contributed by atoms with Crippen LogP contribution in [0, 0.1) is 20.8 Å². The Morgan fingerprint density at radius 3 is 2.53 bits per heavy atom. The van der Waals surface area contributed by atoms with Crippen LogP contribution in [0.1, 0.15) is 38.4 Å². The van der Waals surface area contributed by atoms with E-state index in [1.54, 1.807) is 33.8 Å². The average molecular weight is 428 g/mol. The first-order chi connectivity index (χ1) is 15.4. The summed E-state index contributed by atoms with van der Waals surface area (Å²) in [5.41, 5.74) is 4.70. The summed E-state index contributed by atoms with van der Waals surface area (Å²) in [4.78, 5) is 29.9. The van der Waals surface area contributed by atoms with Crippen molar-refractivity contribution in [3.63, 3.8) is 0 Å². The summed E-state index contributed by atoms with van der Waals surface area (Å²) in [6.07, 6.45) is 3.40. The number of pyridine rings is 2. The number of hydrogen-bond donors (Lipinski definition) is 1. The van der Waals surface area contributed by atoms with Crippen LogP contribution in [-0.4, -0.2) is 25.2 Å². The van der Waals surface area contributed by atoms with Crippen molar-refractivity contribution in [2.24, 2.45) is 0 Å². The van der Waals surface area contributed by atoms with Crippen LogP contribution < -0.4 is 10.9 Å². The second-order valence-electron chi connectivity index (χ2n) is 7.89. The molecule has 3 aromatic heterocycles. The van der Waals surface area contributed by atoms with Gasteiger partial charge in [0.25, 0.3) is 11.5 Å². The molecule has 0 bridgehead atoms. The highest BCUT2D eigenvalue weighted by Crippen LogP contribution is 2.10. The molecule has 1 aromatic carbocycles. The number of benzene rings is 1. The van der Waals surface area contributed by atoms with E-state index in [9.17, 15) is 9.59 Å². The van der Waals surface area contributed by atoms with Crippen LogP contribution in [-0.2, 0) is 13.1 Å². The van der Waals surface area contributed by atoms with E-state index in [4.69, 9.17) is 0 Å². The molecule has 0 aliphatic heterocycles. The molecule has 0 atom stereocenters. The van der Waals surface area contributed by atoms with Crippen LogP contribution in [0.25, 0.3) is 5.82 Å². The lowest BCUT2D eigenvalue weighted by atomic mass is 10.1. The van der Waals surface area contributed by atoms with E-state index in [0.717, 1.165) is 28.1 Å². The van der Waals surface area contributed by atoms with Crippen LogP contribution in [0.2, 0.25) is 0 Å². The Hall–Kier alpha value is -4.00. The predicted octanol–water partition coefficient (Wildman–Crippen LogP) is 3.33. The van der Waals surface area contributed by atoms with Gasteiger partial charge in [0.05, 0.1) is 12.2 Å². The van der Waals surface area contributed by atoms with Crippen molar-refractivity contribution < 1.29 is 4.79 Å². The molecule has 4 rings (SSSR count). The molecule has 0 fully saturated rings. The molecule has 0 aliphatic carbocycles. The van der Waals surface area contributed by atoms with Gasteiger partial charge in [-0.25, -0.2) is 9.67 Å². The molecule has 1 N–H and O–H groups in total. The molecule has 7 nitrogen and oxygen atoms in total. The zero-order valence-electron chi connectivity index (χ0n) is 18.4. The summed E-state index contributed by atoms with van der Waals surface area (Å²) in [5.74, 6) is 0.309. The van der Waals surface area contributed by atoms with Crippen molar-refractivity contribution in [2.45, 2.75) is 33.9 Å². The minimum Gasteiger partial charge on any atom is -0.348 e. The SMILES string of the molecule is Cc1cccc(Cn2cccc(C(=O)NCc3ccc(-n4nc(C)cc4C)nc3)c2=O)c1. The lowest BCUT2D eigenvalue weighted by molar-refractivity contribution is 0.0948. The number of nitrogens with zero attached hydrogens (tertiary/aromatic N) is 4. The standard InChI is InChI=1S/C25H25N5O2/c1-17-6-4-7-20(12-17)16-29-11-5-8-22(25(29)32)24(31)27-15-21-9-10-23(26-14-21)30-19(3)13-18(2)28-30/h4-14H,15-16H2,1-3H3,(H,27,31). The lowest BCUT2D eigenvalue weighted by Gasteiger charge is -2.10. The van der Waals surface area contributed by atoms with Gasteiger partial charge >= 0.3 is 0 Å². The maximum Gasteiger partial charge on any atom is 0.263 e. The van der Waals surface area contributed by atoms with Gasteiger partial charge in [-0.2, -0.15) is 5.10 Å². The number of amides is 1. The fourth-order valence-corrected chi connectivity index (χ4v) is 3.63. The zero-order chi connectivity index (χ0) is 22.7. The van der Waals surface area contributed by atoms with Gasteiger partial charge in [-0.3, -0.25) is 9.59 Å². The maximum absolute atomic E-state index is 12.8. The first-order valence-corrected chi connectivity index (χ1v) is 10.4. The highest BCUT2D eigenvalue weighted by molar-refractivity contribution is 5.93. The first kappa shape index (κ1) is 21.2. The van der Waals surface area contributed by atoms with Gasteiger partial charge in [-0.05, 0) is 56.2 Å². The Labute approximate surface area is 186 Å². The van der Waals surface area contributed by atoms with E-state index in [1.165, 1.54) is 0 Å². The Morgan fingerprint density at radius 2 is 1.84 bits per heavy atom. The molecule has 3 heterocycles. The van der Waals surface area contributed by atoms with Gasteiger partial charge in [-0.1, -0.05) is 35.9 Å². The minimum absolute atomic E-state index is 0.118. The van der Waals surface area contributed by atoms with Crippen molar-refractivity contribution in [1.82, 2.24) is 24.6 Å². The molecular weight excluding hydrogens is 402 g/mol. The fourth-order valence-electron chi connectivity index (χ4n) is 3.63. The van der Waals surface area contributed by atoms with E-state index in [2.05, 4.69) is 15.4 Å². The number of hydrogen-bond acceptors (Lipinski definition) is 4. The number of carbonyl (C=O) groups is 1. The highest BCUT2D eigenvalue weighted by Gasteiger charge is 2.13. The third kappa shape index (κ3) is 4.67. The molecule has 7 heteroatoms. The third-order valence-corrected chi connectivity index (χ3v) is 5.19. The molecular formula is C25H25N5O2. The summed E-state index contributed by atoms with van der Waals surface area (Å²) in [6, 6.07) is 17.0. The number of aryl methyl sites for hydroxylation is 3.